The molecule has 0 saturated carbocycles. The first-order valence-corrected chi connectivity index (χ1v) is 7.51. The Bertz CT molecular complexity index is 573. The quantitative estimate of drug-likeness (QED) is 0.805. The van der Waals surface area contributed by atoms with Gasteiger partial charge in [-0.2, -0.15) is 0 Å². The lowest BCUT2D eigenvalue weighted by Crippen LogP contribution is -2.42. The van der Waals surface area contributed by atoms with Crippen LogP contribution >= 0.6 is 0 Å². The van der Waals surface area contributed by atoms with Crippen LogP contribution in [0.3, 0.4) is 0 Å². The number of carbonyl (C=O) groups excluding carboxylic acids is 1. The molecular weight excluding hydrogens is 262 g/mol. The van der Waals surface area contributed by atoms with Crippen molar-refractivity contribution < 1.29 is 9.90 Å². The van der Waals surface area contributed by atoms with Gasteiger partial charge in [0.25, 0.3) is 5.91 Å². The first-order valence-electron chi connectivity index (χ1n) is 7.51. The van der Waals surface area contributed by atoms with Gasteiger partial charge in [-0.1, -0.05) is 31.8 Å². The van der Waals surface area contributed by atoms with Gasteiger partial charge in [0, 0.05) is 24.2 Å². The Labute approximate surface area is 127 Å². The van der Waals surface area contributed by atoms with Gasteiger partial charge in [-0.05, 0) is 42.9 Å². The summed E-state index contributed by atoms with van der Waals surface area (Å²) in [6.07, 6.45) is 1.19. The fourth-order valence-corrected chi connectivity index (χ4v) is 3.14. The molecule has 2 rings (SSSR count). The molecule has 1 aliphatic heterocycles. The lowest BCUT2D eigenvalue weighted by Gasteiger charge is -2.35. The summed E-state index contributed by atoms with van der Waals surface area (Å²) in [6.45, 7) is 7.81. The number of hydrogen-bond acceptors (Lipinski definition) is 2. The van der Waals surface area contributed by atoms with Crippen molar-refractivity contribution in [2.24, 2.45) is 11.8 Å². The molecule has 1 aliphatic rings. The predicted molar refractivity (Wildman–Crippen MR) is 84.0 cm³/mol. The van der Waals surface area contributed by atoms with E-state index >= 15 is 0 Å². The van der Waals surface area contributed by atoms with Crippen molar-refractivity contribution in [3.63, 3.8) is 0 Å². The van der Waals surface area contributed by atoms with Gasteiger partial charge in [0.05, 0.1) is 0 Å². The van der Waals surface area contributed by atoms with Crippen molar-refractivity contribution in [3.05, 3.63) is 34.9 Å². The molecule has 112 valence electrons. The van der Waals surface area contributed by atoms with Gasteiger partial charge in [0.2, 0.25) is 0 Å². The van der Waals surface area contributed by atoms with Gasteiger partial charge in [0.15, 0.2) is 0 Å². The van der Waals surface area contributed by atoms with E-state index < -0.39 is 0 Å². The number of likely N-dealkylation sites (tertiary alicyclic amines) is 1. The summed E-state index contributed by atoms with van der Waals surface area (Å²) in [6, 6.07) is 5.61. The Morgan fingerprint density at radius 2 is 2.00 bits per heavy atom. The highest BCUT2D eigenvalue weighted by molar-refractivity contribution is 5.96. The molecule has 1 aromatic rings. The maximum absolute atomic E-state index is 12.8. The predicted octanol–water partition coefficient (Wildman–Crippen LogP) is 2.46. The van der Waals surface area contributed by atoms with Gasteiger partial charge in [0.1, 0.15) is 6.61 Å². The molecule has 3 heteroatoms. The summed E-state index contributed by atoms with van der Waals surface area (Å²) in [7, 11) is 0. The summed E-state index contributed by atoms with van der Waals surface area (Å²) in [5.74, 6) is 6.75. The van der Waals surface area contributed by atoms with E-state index in [0.29, 0.717) is 11.8 Å². The topological polar surface area (TPSA) is 40.5 Å². The summed E-state index contributed by atoms with van der Waals surface area (Å²) >= 11 is 0. The van der Waals surface area contributed by atoms with E-state index in [4.69, 9.17) is 5.11 Å². The number of carbonyl (C=O) groups is 1. The fraction of sp³-hybridized carbons (Fsp3) is 0.500. The number of amides is 1. The number of nitrogens with zero attached hydrogens (tertiary/aromatic N) is 1. The van der Waals surface area contributed by atoms with E-state index in [0.717, 1.165) is 29.8 Å². The number of benzene rings is 1. The third-order valence-corrected chi connectivity index (χ3v) is 4.02. The molecule has 0 spiro atoms. The molecule has 21 heavy (non-hydrogen) atoms. The first kappa shape index (κ1) is 15.6. The zero-order valence-electron chi connectivity index (χ0n) is 13.0. The first-order chi connectivity index (χ1) is 10.0. The van der Waals surface area contributed by atoms with E-state index in [1.165, 1.54) is 6.42 Å². The van der Waals surface area contributed by atoms with Crippen molar-refractivity contribution in [3.8, 4) is 11.8 Å². The van der Waals surface area contributed by atoms with Gasteiger partial charge < -0.3 is 10.0 Å². The number of rotatable bonds is 1. The molecule has 0 bridgehead atoms. The minimum absolute atomic E-state index is 0.0959. The highest BCUT2D eigenvalue weighted by Gasteiger charge is 2.27. The van der Waals surface area contributed by atoms with Crippen molar-refractivity contribution in [1.82, 2.24) is 4.90 Å². The Morgan fingerprint density at radius 3 is 2.62 bits per heavy atom. The number of hydrogen-bond donors (Lipinski definition) is 1. The third-order valence-electron chi connectivity index (χ3n) is 4.02. The third kappa shape index (κ3) is 3.65. The standard InChI is InChI=1S/C18H23NO2/c1-13-10-14(2)12-19(11-13)18(21)17-8-4-6-16(15(17)3)7-5-9-20/h4,6,8,13-14,20H,9-12H2,1-3H3. The van der Waals surface area contributed by atoms with Crippen molar-refractivity contribution in [2.45, 2.75) is 27.2 Å². The average molecular weight is 285 g/mol. The molecule has 1 aromatic carbocycles. The van der Waals surface area contributed by atoms with Crippen LogP contribution in [0, 0.1) is 30.6 Å². The van der Waals surface area contributed by atoms with Gasteiger partial charge in [-0.25, -0.2) is 0 Å². The van der Waals surface area contributed by atoms with Crippen LogP contribution < -0.4 is 0 Å². The number of aliphatic hydroxyl groups excluding tert-OH is 1. The van der Waals surface area contributed by atoms with Gasteiger partial charge >= 0.3 is 0 Å². The molecule has 1 fully saturated rings. The zero-order chi connectivity index (χ0) is 15.4. The van der Waals surface area contributed by atoms with Crippen molar-refractivity contribution in [1.29, 1.82) is 0 Å². The Kier molecular flexibility index (Phi) is 5.03. The van der Waals surface area contributed by atoms with Gasteiger partial charge in [-0.15, -0.1) is 0 Å². The highest BCUT2D eigenvalue weighted by atomic mass is 16.2. The van der Waals surface area contributed by atoms with E-state index in [-0.39, 0.29) is 12.5 Å². The molecule has 1 saturated heterocycles. The second kappa shape index (κ2) is 6.78. The number of piperidine rings is 1. The van der Waals surface area contributed by atoms with Crippen LogP contribution in [0.2, 0.25) is 0 Å². The second-order valence-corrected chi connectivity index (χ2v) is 6.09. The van der Waals surface area contributed by atoms with E-state index in [9.17, 15) is 4.79 Å². The maximum atomic E-state index is 12.8. The van der Waals surface area contributed by atoms with Crippen LogP contribution in [0.5, 0.6) is 0 Å². The average Bonchev–Trinajstić information content (AvgIpc) is 2.44. The summed E-state index contributed by atoms with van der Waals surface area (Å²) < 4.78 is 0. The molecule has 3 nitrogen and oxygen atoms in total. The molecule has 1 amide bonds. The maximum Gasteiger partial charge on any atom is 0.254 e. The van der Waals surface area contributed by atoms with E-state index in [1.54, 1.807) is 0 Å². The summed E-state index contributed by atoms with van der Waals surface area (Å²) in [5, 5.41) is 8.81. The van der Waals surface area contributed by atoms with Crippen LogP contribution in [0.1, 0.15) is 41.8 Å². The minimum Gasteiger partial charge on any atom is -0.384 e. The molecule has 0 aliphatic carbocycles. The lowest BCUT2D eigenvalue weighted by atomic mass is 9.91. The van der Waals surface area contributed by atoms with Crippen LogP contribution in [0.25, 0.3) is 0 Å². The second-order valence-electron chi connectivity index (χ2n) is 6.09. The minimum atomic E-state index is -0.168. The largest absolute Gasteiger partial charge is 0.384 e. The summed E-state index contributed by atoms with van der Waals surface area (Å²) in [4.78, 5) is 14.7. The summed E-state index contributed by atoms with van der Waals surface area (Å²) in [5.41, 5.74) is 2.43. The van der Waals surface area contributed by atoms with E-state index in [1.807, 2.05) is 30.0 Å². The lowest BCUT2D eigenvalue weighted by molar-refractivity contribution is 0.0622. The normalized spacial score (nSPS) is 21.6. The molecule has 2 unspecified atom stereocenters. The van der Waals surface area contributed by atoms with Gasteiger partial charge in [-0.3, -0.25) is 4.79 Å². The Hall–Kier alpha value is -1.79. The highest BCUT2D eigenvalue weighted by Crippen LogP contribution is 2.24. The monoisotopic (exact) mass is 285 g/mol. The fourth-order valence-electron chi connectivity index (χ4n) is 3.14. The van der Waals surface area contributed by atoms with Crippen molar-refractivity contribution in [2.75, 3.05) is 19.7 Å². The molecule has 2 atom stereocenters. The molecule has 0 radical (unpaired) electrons. The molecule has 0 aromatic heterocycles. The van der Waals surface area contributed by atoms with Crippen LogP contribution in [-0.4, -0.2) is 35.6 Å². The molecular formula is C18H23NO2. The smallest absolute Gasteiger partial charge is 0.254 e. The van der Waals surface area contributed by atoms with Crippen LogP contribution in [0.15, 0.2) is 18.2 Å². The van der Waals surface area contributed by atoms with Crippen molar-refractivity contribution >= 4 is 5.91 Å². The number of aliphatic hydroxyl groups is 1. The van der Waals surface area contributed by atoms with E-state index in [2.05, 4.69) is 25.7 Å². The Morgan fingerprint density at radius 1 is 1.33 bits per heavy atom. The zero-order valence-corrected chi connectivity index (χ0v) is 13.0. The van der Waals surface area contributed by atoms with Crippen LogP contribution in [-0.2, 0) is 0 Å². The van der Waals surface area contributed by atoms with Crippen LogP contribution in [0.4, 0.5) is 0 Å². The SMILES string of the molecule is Cc1c(C#CCO)cccc1C(=O)N1CC(C)CC(C)C1. The Balaban J connectivity index is 2.27. The molecule has 1 N–H and O–H groups in total. The molecule has 1 heterocycles.